The first-order valence-electron chi connectivity index (χ1n) is 15.5. The Bertz CT molecular complexity index is 2380. The van der Waals surface area contributed by atoms with Gasteiger partial charge >= 0.3 is 11.7 Å². The van der Waals surface area contributed by atoms with Gasteiger partial charge in [0.25, 0.3) is 16.7 Å². The number of aryl methyl sites for hydroxylation is 2. The number of methoxy groups -OCH3 is 1. The first kappa shape index (κ1) is 35.5. The minimum Gasteiger partial charge on any atom is -0.493 e. The van der Waals surface area contributed by atoms with E-state index in [9.17, 15) is 24.0 Å². The second-order valence-electron chi connectivity index (χ2n) is 11.5. The maximum Gasteiger partial charge on any atom is 0.332 e. The molecule has 3 amide bonds. The van der Waals surface area contributed by atoms with Gasteiger partial charge < -0.3 is 14.8 Å². The summed E-state index contributed by atoms with van der Waals surface area (Å²) in [6, 6.07) is 17.0. The quantitative estimate of drug-likeness (QED) is 0.174. The van der Waals surface area contributed by atoms with E-state index in [1.54, 1.807) is 48.5 Å². The number of ether oxygens (including phenoxy) is 2. The van der Waals surface area contributed by atoms with Crippen LogP contribution in [0.4, 0.5) is 10.5 Å². The molecule has 262 valence electrons. The Kier molecular flexibility index (Phi) is 10.1. The van der Waals surface area contributed by atoms with Crippen LogP contribution >= 0.6 is 35.0 Å². The van der Waals surface area contributed by atoms with E-state index in [1.807, 2.05) is 19.1 Å². The van der Waals surface area contributed by atoms with Gasteiger partial charge in [-0.3, -0.25) is 37.8 Å². The highest BCUT2D eigenvalue weighted by Gasteiger charge is 2.36. The van der Waals surface area contributed by atoms with Crippen molar-refractivity contribution in [2.45, 2.75) is 19.9 Å². The van der Waals surface area contributed by atoms with Crippen LogP contribution in [0.25, 0.3) is 17.2 Å². The summed E-state index contributed by atoms with van der Waals surface area (Å²) in [5, 5.41) is 2.92. The lowest BCUT2D eigenvalue weighted by atomic mass is 10.1. The van der Waals surface area contributed by atoms with E-state index in [-0.39, 0.29) is 40.1 Å². The van der Waals surface area contributed by atoms with E-state index >= 15 is 0 Å². The molecule has 6 rings (SSSR count). The van der Waals surface area contributed by atoms with Crippen molar-refractivity contribution in [3.63, 3.8) is 0 Å². The number of carbonyl (C=O) groups is 3. The SMILES string of the molecule is CCc1ccc(NC(=O)CN2C(=O)SC(=Cc3ccc(Oc4nc5c(c(=O)n(C)c(=O)n5C)n4Cc4ccc(Cl)cc4Cl)c(OC)c3)C2=O)cc1. The van der Waals surface area contributed by atoms with E-state index in [2.05, 4.69) is 10.3 Å². The van der Waals surface area contributed by atoms with Gasteiger partial charge in [0.15, 0.2) is 22.7 Å². The zero-order chi connectivity index (χ0) is 36.6. The van der Waals surface area contributed by atoms with E-state index in [0.717, 1.165) is 21.5 Å². The second-order valence-corrected chi connectivity index (χ2v) is 13.3. The number of anilines is 1. The summed E-state index contributed by atoms with van der Waals surface area (Å²) >= 11 is 13.3. The van der Waals surface area contributed by atoms with Crippen LogP contribution in [0.15, 0.2) is 75.2 Å². The third kappa shape index (κ3) is 7.16. The number of aromatic nitrogens is 4. The number of rotatable bonds is 10. The van der Waals surface area contributed by atoms with Crippen molar-refractivity contribution in [1.29, 1.82) is 0 Å². The van der Waals surface area contributed by atoms with Crippen LogP contribution < -0.4 is 26.0 Å². The van der Waals surface area contributed by atoms with Gasteiger partial charge in [0.05, 0.1) is 18.6 Å². The molecule has 1 aliphatic heterocycles. The summed E-state index contributed by atoms with van der Waals surface area (Å²) in [4.78, 5) is 70.2. The van der Waals surface area contributed by atoms with Crippen molar-refractivity contribution in [3.05, 3.63) is 113 Å². The standard InChI is InChI=1S/C35H30Cl2N6O7S/c1-5-19-6-11-23(12-7-19)38-28(44)18-43-31(45)27(51-35(43)48)15-20-8-13-25(26(14-20)49-4)50-33-39-30-29(32(46)41(3)34(47)40(30)2)42(33)17-21-9-10-22(36)16-24(21)37/h6-16H,5,17-18H2,1-4H3,(H,38,44). The summed E-state index contributed by atoms with van der Waals surface area (Å²) in [7, 11) is 4.29. The van der Waals surface area contributed by atoms with Gasteiger partial charge in [0, 0.05) is 29.8 Å². The third-order valence-electron chi connectivity index (χ3n) is 8.16. The molecule has 0 atom stereocenters. The zero-order valence-electron chi connectivity index (χ0n) is 27.7. The molecule has 16 heteroatoms. The summed E-state index contributed by atoms with van der Waals surface area (Å²) in [6.07, 6.45) is 2.36. The average molecular weight is 750 g/mol. The number of nitrogens with zero attached hydrogens (tertiary/aromatic N) is 5. The molecule has 5 aromatic rings. The topological polar surface area (TPSA) is 147 Å². The molecule has 0 unspecified atom stereocenters. The van der Waals surface area contributed by atoms with Crippen molar-refractivity contribution in [3.8, 4) is 17.5 Å². The Morgan fingerprint density at radius 1 is 0.961 bits per heavy atom. The van der Waals surface area contributed by atoms with E-state index in [4.69, 9.17) is 32.7 Å². The Labute approximate surface area is 305 Å². The number of thioether (sulfide) groups is 1. The van der Waals surface area contributed by atoms with Crippen molar-refractivity contribution in [2.24, 2.45) is 14.1 Å². The minimum atomic E-state index is -0.609. The molecule has 0 bridgehead atoms. The van der Waals surface area contributed by atoms with Crippen molar-refractivity contribution >= 4 is 74.9 Å². The first-order chi connectivity index (χ1) is 24.4. The fraction of sp³-hybridized carbons (Fsp3) is 0.200. The van der Waals surface area contributed by atoms with Gasteiger partial charge in [-0.2, -0.15) is 4.98 Å². The van der Waals surface area contributed by atoms with Crippen molar-refractivity contribution < 1.29 is 23.9 Å². The fourth-order valence-electron chi connectivity index (χ4n) is 5.38. The molecule has 51 heavy (non-hydrogen) atoms. The molecule has 0 saturated carbocycles. The summed E-state index contributed by atoms with van der Waals surface area (Å²) in [6.45, 7) is 1.63. The third-order valence-corrected chi connectivity index (χ3v) is 9.66. The lowest BCUT2D eigenvalue weighted by Gasteiger charge is -2.14. The van der Waals surface area contributed by atoms with Crippen molar-refractivity contribution in [1.82, 2.24) is 23.6 Å². The van der Waals surface area contributed by atoms with Gasteiger partial charge in [-0.25, -0.2) is 4.79 Å². The molecule has 13 nitrogen and oxygen atoms in total. The number of nitrogens with one attached hydrogen (secondary N) is 1. The predicted molar refractivity (Wildman–Crippen MR) is 196 cm³/mol. The van der Waals surface area contributed by atoms with E-state index in [1.165, 1.54) is 36.4 Å². The number of imide groups is 1. The number of imidazole rings is 1. The molecule has 0 spiro atoms. The number of carbonyl (C=O) groups excluding carboxylic acids is 3. The number of hydrogen-bond donors (Lipinski definition) is 1. The number of benzene rings is 3. The van der Waals surface area contributed by atoms with E-state index in [0.29, 0.717) is 38.6 Å². The number of hydrogen-bond acceptors (Lipinski definition) is 9. The maximum atomic E-state index is 13.4. The normalized spacial score (nSPS) is 13.8. The monoisotopic (exact) mass is 748 g/mol. The average Bonchev–Trinajstić information content (AvgIpc) is 3.59. The van der Waals surface area contributed by atoms with Gasteiger partial charge in [-0.05, 0) is 77.3 Å². The Balaban J connectivity index is 1.27. The van der Waals surface area contributed by atoms with Crippen LogP contribution in [0.5, 0.6) is 17.5 Å². The van der Waals surface area contributed by atoms with Gasteiger partial charge in [0.1, 0.15) is 6.54 Å². The summed E-state index contributed by atoms with van der Waals surface area (Å²) in [5.74, 6) is -0.677. The molecule has 2 aromatic heterocycles. The zero-order valence-corrected chi connectivity index (χ0v) is 30.1. The Morgan fingerprint density at radius 2 is 1.71 bits per heavy atom. The van der Waals surface area contributed by atoms with Crippen LogP contribution in [0.2, 0.25) is 10.0 Å². The lowest BCUT2D eigenvalue weighted by Crippen LogP contribution is -2.37. The summed E-state index contributed by atoms with van der Waals surface area (Å²) in [5.41, 5.74) is 1.84. The predicted octanol–water partition coefficient (Wildman–Crippen LogP) is 5.83. The largest absolute Gasteiger partial charge is 0.493 e. The Morgan fingerprint density at radius 3 is 2.39 bits per heavy atom. The van der Waals surface area contributed by atoms with Gasteiger partial charge in [-0.1, -0.05) is 54.4 Å². The first-order valence-corrected chi connectivity index (χ1v) is 17.1. The molecule has 1 aliphatic rings. The molecule has 0 radical (unpaired) electrons. The Hall–Kier alpha value is -5.31. The highest BCUT2D eigenvalue weighted by atomic mass is 35.5. The minimum absolute atomic E-state index is 0.0268. The van der Waals surface area contributed by atoms with Crippen molar-refractivity contribution in [2.75, 3.05) is 19.0 Å². The maximum absolute atomic E-state index is 13.4. The highest BCUT2D eigenvalue weighted by molar-refractivity contribution is 8.18. The smallest absolute Gasteiger partial charge is 0.332 e. The van der Waals surface area contributed by atoms with E-state index < -0.39 is 34.8 Å². The van der Waals surface area contributed by atoms with Gasteiger partial charge in [0.2, 0.25) is 5.91 Å². The van der Waals surface area contributed by atoms with Crippen LogP contribution in [0.3, 0.4) is 0 Å². The molecule has 3 heterocycles. The number of amides is 3. The van der Waals surface area contributed by atoms with Crippen LogP contribution in [-0.2, 0) is 36.6 Å². The lowest BCUT2D eigenvalue weighted by molar-refractivity contribution is -0.127. The van der Waals surface area contributed by atoms with Crippen LogP contribution in [0, 0.1) is 0 Å². The molecular weight excluding hydrogens is 719 g/mol. The van der Waals surface area contributed by atoms with Crippen LogP contribution in [0.1, 0.15) is 23.6 Å². The number of fused-ring (bicyclic) bond motifs is 1. The molecular formula is C35H30Cl2N6O7S. The highest BCUT2D eigenvalue weighted by Crippen LogP contribution is 2.37. The molecule has 3 aromatic carbocycles. The molecule has 1 fully saturated rings. The summed E-state index contributed by atoms with van der Waals surface area (Å²) < 4.78 is 15.5. The second kappa shape index (κ2) is 14.5. The molecule has 1 saturated heterocycles. The molecule has 0 aliphatic carbocycles. The number of halogens is 2. The van der Waals surface area contributed by atoms with Gasteiger partial charge in [-0.15, -0.1) is 0 Å². The van der Waals surface area contributed by atoms with Crippen LogP contribution in [-0.4, -0.2) is 54.3 Å². The molecule has 1 N–H and O–H groups in total. The fourth-order valence-corrected chi connectivity index (χ4v) is 6.69.